The zero-order chi connectivity index (χ0) is 10.2. The first-order valence-electron chi connectivity index (χ1n) is 4.83. The van der Waals surface area contributed by atoms with Crippen LogP contribution in [0.4, 0.5) is 0 Å². The van der Waals surface area contributed by atoms with Crippen LogP contribution in [0.5, 0.6) is 0 Å². The third-order valence-corrected chi connectivity index (χ3v) is 4.52. The molecule has 1 aromatic carbocycles. The Kier molecular flexibility index (Phi) is 2.35. The first-order chi connectivity index (χ1) is 6.57. The van der Waals surface area contributed by atoms with E-state index >= 15 is 0 Å². The average Bonchev–Trinajstić information content (AvgIpc) is 2.16. The summed E-state index contributed by atoms with van der Waals surface area (Å²) in [7, 11) is -2.87. The summed E-state index contributed by atoms with van der Waals surface area (Å²) in [6.07, 6.45) is 3.70. The van der Waals surface area contributed by atoms with Crippen LogP contribution in [0.3, 0.4) is 0 Å². The highest BCUT2D eigenvalue weighted by molar-refractivity contribution is 7.91. The van der Waals surface area contributed by atoms with Crippen LogP contribution in [0.15, 0.2) is 24.3 Å². The maximum atomic E-state index is 11.4. The normalized spacial score (nSPS) is 21.6. The number of rotatable bonds is 1. The van der Waals surface area contributed by atoms with Gasteiger partial charge in [0.2, 0.25) is 0 Å². The lowest BCUT2D eigenvalue weighted by atomic mass is 9.92. The van der Waals surface area contributed by atoms with Crippen LogP contribution >= 0.6 is 0 Å². The quantitative estimate of drug-likeness (QED) is 0.705. The summed E-state index contributed by atoms with van der Waals surface area (Å²) in [4.78, 5) is 0. The van der Waals surface area contributed by atoms with Crippen LogP contribution in [0.1, 0.15) is 17.5 Å². The summed E-state index contributed by atoms with van der Waals surface area (Å²) in [5.41, 5.74) is 2.52. The van der Waals surface area contributed by atoms with Gasteiger partial charge < -0.3 is 0 Å². The maximum absolute atomic E-state index is 11.4. The van der Waals surface area contributed by atoms with Crippen molar-refractivity contribution in [3.63, 3.8) is 0 Å². The molecular formula is C11H14O2S. The highest BCUT2D eigenvalue weighted by Gasteiger charge is 2.25. The van der Waals surface area contributed by atoms with Crippen LogP contribution < -0.4 is 0 Å². The Morgan fingerprint density at radius 2 is 1.86 bits per heavy atom. The molecule has 0 heterocycles. The molecule has 1 unspecified atom stereocenters. The molecule has 0 aromatic heterocycles. The fourth-order valence-corrected chi connectivity index (χ4v) is 3.06. The van der Waals surface area contributed by atoms with Gasteiger partial charge in [0.05, 0.1) is 5.25 Å². The van der Waals surface area contributed by atoms with Crippen LogP contribution in [-0.4, -0.2) is 19.9 Å². The van der Waals surface area contributed by atoms with Crippen molar-refractivity contribution in [3.05, 3.63) is 35.4 Å². The van der Waals surface area contributed by atoms with E-state index in [0.717, 1.165) is 12.8 Å². The van der Waals surface area contributed by atoms with Gasteiger partial charge in [-0.05, 0) is 30.4 Å². The zero-order valence-electron chi connectivity index (χ0n) is 8.23. The highest BCUT2D eigenvalue weighted by atomic mass is 32.2. The number of fused-ring (bicyclic) bond motifs is 1. The molecule has 0 bridgehead atoms. The molecule has 2 nitrogen and oxygen atoms in total. The van der Waals surface area contributed by atoms with Crippen molar-refractivity contribution in [1.82, 2.24) is 0 Å². The summed E-state index contributed by atoms with van der Waals surface area (Å²) in [5.74, 6) is 0. The minimum atomic E-state index is -2.87. The van der Waals surface area contributed by atoms with E-state index in [2.05, 4.69) is 6.07 Å². The van der Waals surface area contributed by atoms with Gasteiger partial charge in [0.25, 0.3) is 0 Å². The second-order valence-electron chi connectivity index (χ2n) is 3.96. The van der Waals surface area contributed by atoms with Gasteiger partial charge in [0, 0.05) is 6.26 Å². The van der Waals surface area contributed by atoms with Crippen molar-refractivity contribution in [2.45, 2.75) is 24.5 Å². The number of aryl methyl sites for hydroxylation is 1. The predicted molar refractivity (Wildman–Crippen MR) is 57.1 cm³/mol. The van der Waals surface area contributed by atoms with Crippen LogP contribution in [-0.2, 0) is 22.7 Å². The van der Waals surface area contributed by atoms with Gasteiger partial charge in [0.1, 0.15) is 0 Å². The summed E-state index contributed by atoms with van der Waals surface area (Å²) in [5, 5.41) is -0.169. The maximum Gasteiger partial charge on any atom is 0.150 e. The summed E-state index contributed by atoms with van der Waals surface area (Å²) in [6.45, 7) is 0. The predicted octanol–water partition coefficient (Wildman–Crippen LogP) is 1.59. The molecule has 1 aromatic rings. The molecule has 14 heavy (non-hydrogen) atoms. The SMILES string of the molecule is CS(=O)(=O)C1CCc2ccccc2C1. The minimum Gasteiger partial charge on any atom is -0.229 e. The number of hydrogen-bond acceptors (Lipinski definition) is 2. The molecule has 2 rings (SSSR count). The molecule has 0 N–H and O–H groups in total. The van der Waals surface area contributed by atoms with Gasteiger partial charge in [-0.1, -0.05) is 24.3 Å². The van der Waals surface area contributed by atoms with Crippen LogP contribution in [0.25, 0.3) is 0 Å². The van der Waals surface area contributed by atoms with Crippen molar-refractivity contribution in [2.24, 2.45) is 0 Å². The molecule has 1 atom stereocenters. The standard InChI is InChI=1S/C11H14O2S/c1-14(12,13)11-7-6-9-4-2-3-5-10(9)8-11/h2-5,11H,6-8H2,1H3. The monoisotopic (exact) mass is 210 g/mol. The number of benzene rings is 1. The first-order valence-corrected chi connectivity index (χ1v) is 6.78. The Morgan fingerprint density at radius 3 is 2.50 bits per heavy atom. The van der Waals surface area contributed by atoms with Crippen molar-refractivity contribution in [2.75, 3.05) is 6.26 Å². The molecule has 1 aliphatic rings. The smallest absolute Gasteiger partial charge is 0.150 e. The second-order valence-corrected chi connectivity index (χ2v) is 6.29. The third kappa shape index (κ3) is 1.82. The Bertz CT molecular complexity index is 434. The molecule has 1 aliphatic carbocycles. The topological polar surface area (TPSA) is 34.1 Å². The van der Waals surface area contributed by atoms with Gasteiger partial charge in [0.15, 0.2) is 9.84 Å². The molecule has 76 valence electrons. The Morgan fingerprint density at radius 1 is 1.21 bits per heavy atom. The molecule has 0 saturated carbocycles. The third-order valence-electron chi connectivity index (χ3n) is 2.91. The van der Waals surface area contributed by atoms with Crippen molar-refractivity contribution < 1.29 is 8.42 Å². The van der Waals surface area contributed by atoms with Gasteiger partial charge in [-0.3, -0.25) is 0 Å². The van der Waals surface area contributed by atoms with Gasteiger partial charge >= 0.3 is 0 Å². The summed E-state index contributed by atoms with van der Waals surface area (Å²) >= 11 is 0. The van der Waals surface area contributed by atoms with E-state index in [0.29, 0.717) is 6.42 Å². The fourth-order valence-electron chi connectivity index (χ4n) is 2.03. The van der Waals surface area contributed by atoms with Crippen molar-refractivity contribution in [3.8, 4) is 0 Å². The lowest BCUT2D eigenvalue weighted by molar-refractivity contribution is 0.567. The van der Waals surface area contributed by atoms with E-state index in [1.807, 2.05) is 18.2 Å². The second kappa shape index (κ2) is 3.39. The molecule has 0 amide bonds. The zero-order valence-corrected chi connectivity index (χ0v) is 9.05. The number of hydrogen-bond donors (Lipinski definition) is 0. The Labute approximate surface area is 84.9 Å². The van der Waals surface area contributed by atoms with E-state index in [-0.39, 0.29) is 5.25 Å². The first kappa shape index (κ1) is 9.71. The highest BCUT2D eigenvalue weighted by Crippen LogP contribution is 2.24. The Hall–Kier alpha value is -0.830. The van der Waals surface area contributed by atoms with Gasteiger partial charge in [-0.15, -0.1) is 0 Å². The van der Waals surface area contributed by atoms with Crippen molar-refractivity contribution >= 4 is 9.84 Å². The summed E-state index contributed by atoms with van der Waals surface area (Å²) < 4.78 is 22.8. The molecule has 0 fully saturated rings. The molecule has 0 spiro atoms. The lowest BCUT2D eigenvalue weighted by Crippen LogP contribution is -2.27. The van der Waals surface area contributed by atoms with E-state index in [4.69, 9.17) is 0 Å². The average molecular weight is 210 g/mol. The molecule has 0 saturated heterocycles. The summed E-state index contributed by atoms with van der Waals surface area (Å²) in [6, 6.07) is 8.11. The van der Waals surface area contributed by atoms with Gasteiger partial charge in [-0.25, -0.2) is 8.42 Å². The van der Waals surface area contributed by atoms with Crippen LogP contribution in [0, 0.1) is 0 Å². The number of sulfone groups is 1. The molecule has 0 radical (unpaired) electrons. The molecule has 3 heteroatoms. The largest absolute Gasteiger partial charge is 0.229 e. The fraction of sp³-hybridized carbons (Fsp3) is 0.455. The van der Waals surface area contributed by atoms with Gasteiger partial charge in [-0.2, -0.15) is 0 Å². The minimum absolute atomic E-state index is 0.169. The van der Waals surface area contributed by atoms with Crippen LogP contribution in [0.2, 0.25) is 0 Å². The van der Waals surface area contributed by atoms with Crippen molar-refractivity contribution in [1.29, 1.82) is 0 Å². The lowest BCUT2D eigenvalue weighted by Gasteiger charge is -2.22. The van der Waals surface area contributed by atoms with E-state index in [1.165, 1.54) is 17.4 Å². The molecule has 0 aliphatic heterocycles. The molecular weight excluding hydrogens is 196 g/mol. The van der Waals surface area contributed by atoms with E-state index in [9.17, 15) is 8.42 Å². The van der Waals surface area contributed by atoms with E-state index < -0.39 is 9.84 Å². The van der Waals surface area contributed by atoms with E-state index in [1.54, 1.807) is 0 Å². The Balaban J connectivity index is 2.30.